The Morgan fingerprint density at radius 3 is 0.820 bits per heavy atom. The van der Waals surface area contributed by atoms with Crippen LogP contribution < -0.4 is 0 Å². The summed E-state index contributed by atoms with van der Waals surface area (Å²) >= 11 is 0. The monoisotopic (exact) mass is 1450 g/mol. The van der Waals surface area contributed by atoms with Crippen molar-refractivity contribution in [1.82, 2.24) is 0 Å². The van der Waals surface area contributed by atoms with Crippen LogP contribution in [0.5, 0.6) is 0 Å². The van der Waals surface area contributed by atoms with E-state index in [1.807, 2.05) is 0 Å². The summed E-state index contributed by atoms with van der Waals surface area (Å²) in [5.41, 5.74) is 0. The second-order valence-corrected chi connectivity index (χ2v) is 29.5. The summed E-state index contributed by atoms with van der Waals surface area (Å²) in [6.45, 7) is 4.73. The number of allylic oxidation sites excluding steroid dienone is 14. The van der Waals surface area contributed by atoms with Crippen LogP contribution in [-0.2, 0) is 65.4 Å². The van der Waals surface area contributed by atoms with Gasteiger partial charge in [-0.2, -0.15) is 0 Å². The maximum absolute atomic E-state index is 13.1. The molecule has 0 aromatic carbocycles. The van der Waals surface area contributed by atoms with Crippen LogP contribution in [0.1, 0.15) is 349 Å². The number of phosphoric acid groups is 2. The van der Waals surface area contributed by atoms with Gasteiger partial charge in [-0.1, -0.05) is 305 Å². The van der Waals surface area contributed by atoms with E-state index in [2.05, 4.69) is 113 Å². The molecule has 19 heteroatoms. The van der Waals surface area contributed by atoms with Crippen molar-refractivity contribution in [3.63, 3.8) is 0 Å². The van der Waals surface area contributed by atoms with E-state index in [9.17, 15) is 43.2 Å². The van der Waals surface area contributed by atoms with Crippen molar-refractivity contribution in [1.29, 1.82) is 0 Å². The van der Waals surface area contributed by atoms with Crippen LogP contribution in [0, 0.1) is 0 Å². The van der Waals surface area contributed by atoms with Gasteiger partial charge in [-0.3, -0.25) is 37.3 Å². The van der Waals surface area contributed by atoms with Crippen LogP contribution in [0.4, 0.5) is 0 Å². The summed E-state index contributed by atoms with van der Waals surface area (Å²) in [5, 5.41) is 10.6. The molecule has 100 heavy (non-hydrogen) atoms. The third-order valence-corrected chi connectivity index (χ3v) is 18.8. The molecule has 0 aliphatic heterocycles. The van der Waals surface area contributed by atoms with Gasteiger partial charge in [0.25, 0.3) is 0 Å². The molecule has 0 rings (SSSR count). The normalized spacial score (nSPS) is 14.3. The maximum atomic E-state index is 13.1. The van der Waals surface area contributed by atoms with Crippen molar-refractivity contribution in [3.8, 4) is 0 Å². The van der Waals surface area contributed by atoms with Crippen LogP contribution in [0.15, 0.2) is 85.1 Å². The van der Waals surface area contributed by atoms with Crippen LogP contribution in [0.25, 0.3) is 0 Å². The van der Waals surface area contributed by atoms with E-state index in [1.165, 1.54) is 109 Å². The lowest BCUT2D eigenvalue weighted by Crippen LogP contribution is -2.30. The van der Waals surface area contributed by atoms with E-state index in [4.69, 9.17) is 37.0 Å². The van der Waals surface area contributed by atoms with Gasteiger partial charge >= 0.3 is 39.5 Å². The van der Waals surface area contributed by atoms with Crippen LogP contribution in [-0.4, -0.2) is 96.7 Å². The summed E-state index contributed by atoms with van der Waals surface area (Å²) in [6, 6.07) is 0. The lowest BCUT2D eigenvalue weighted by Gasteiger charge is -2.21. The fourth-order valence-electron chi connectivity index (χ4n) is 10.8. The van der Waals surface area contributed by atoms with Crippen molar-refractivity contribution >= 4 is 39.5 Å². The summed E-state index contributed by atoms with van der Waals surface area (Å²) < 4.78 is 68.5. The fraction of sp³-hybridized carbons (Fsp3) is 0.778. The first-order valence-corrected chi connectivity index (χ1v) is 42.8. The minimum absolute atomic E-state index is 0.0929. The van der Waals surface area contributed by atoms with Crippen LogP contribution in [0.3, 0.4) is 0 Å². The average Bonchev–Trinajstić information content (AvgIpc) is 0.937. The first kappa shape index (κ1) is 96.2. The minimum Gasteiger partial charge on any atom is -0.462 e. The van der Waals surface area contributed by atoms with Gasteiger partial charge in [-0.05, 0) is 103 Å². The number of aliphatic hydroxyl groups excluding tert-OH is 1. The molecule has 580 valence electrons. The Morgan fingerprint density at radius 1 is 0.290 bits per heavy atom. The molecule has 5 unspecified atom stereocenters. The zero-order valence-electron chi connectivity index (χ0n) is 63.4. The van der Waals surface area contributed by atoms with E-state index in [0.717, 1.165) is 161 Å². The van der Waals surface area contributed by atoms with E-state index in [0.29, 0.717) is 25.7 Å². The van der Waals surface area contributed by atoms with E-state index in [-0.39, 0.29) is 25.7 Å². The lowest BCUT2D eigenvalue weighted by molar-refractivity contribution is -0.161. The summed E-state index contributed by atoms with van der Waals surface area (Å²) in [5.74, 6) is -2.19. The number of aliphatic hydroxyl groups is 1. The second kappa shape index (κ2) is 73.5. The third kappa shape index (κ3) is 72.6. The topological polar surface area (TPSA) is 237 Å². The number of rotatable bonds is 75. The number of esters is 4. The van der Waals surface area contributed by atoms with Gasteiger partial charge in [-0.15, -0.1) is 0 Å². The molecule has 0 aromatic rings. The Bertz CT molecular complexity index is 2230. The van der Waals surface area contributed by atoms with E-state index >= 15 is 0 Å². The smallest absolute Gasteiger partial charge is 0.462 e. The zero-order chi connectivity index (χ0) is 73.2. The fourth-order valence-corrected chi connectivity index (χ4v) is 12.4. The molecule has 0 fully saturated rings. The van der Waals surface area contributed by atoms with E-state index < -0.39 is 97.5 Å². The van der Waals surface area contributed by atoms with Crippen molar-refractivity contribution < 1.29 is 80.2 Å². The quantitative estimate of drug-likeness (QED) is 0.0169. The molecule has 0 aliphatic rings. The summed E-state index contributed by atoms with van der Waals surface area (Å²) in [7, 11) is -9.95. The van der Waals surface area contributed by atoms with Gasteiger partial charge in [0.05, 0.1) is 26.4 Å². The van der Waals surface area contributed by atoms with Gasteiger partial charge in [-0.25, -0.2) is 9.13 Å². The minimum atomic E-state index is -4.97. The number of ether oxygens (including phenoxy) is 4. The maximum Gasteiger partial charge on any atom is 0.472 e. The molecule has 0 bridgehead atoms. The number of hydrogen-bond acceptors (Lipinski definition) is 15. The molecule has 0 heterocycles. The zero-order valence-corrected chi connectivity index (χ0v) is 65.2. The van der Waals surface area contributed by atoms with Gasteiger partial charge in [0.1, 0.15) is 19.3 Å². The molecule has 5 atom stereocenters. The first-order chi connectivity index (χ1) is 48.7. The first-order valence-electron chi connectivity index (χ1n) is 39.8. The van der Waals surface area contributed by atoms with Crippen LogP contribution in [0.2, 0.25) is 0 Å². The number of phosphoric ester groups is 2. The van der Waals surface area contributed by atoms with Gasteiger partial charge in [0.2, 0.25) is 0 Å². The predicted octanol–water partition coefficient (Wildman–Crippen LogP) is 23.0. The Balaban J connectivity index is 5.31. The molecule has 0 saturated heterocycles. The molecule has 0 amide bonds. The average molecular weight is 1450 g/mol. The molecule has 0 spiro atoms. The molecule has 0 aliphatic carbocycles. The van der Waals surface area contributed by atoms with Gasteiger partial charge < -0.3 is 33.8 Å². The predicted molar refractivity (Wildman–Crippen MR) is 409 cm³/mol. The van der Waals surface area contributed by atoms with Crippen molar-refractivity contribution in [2.24, 2.45) is 0 Å². The van der Waals surface area contributed by atoms with Gasteiger partial charge in [0, 0.05) is 25.7 Å². The SMILES string of the molecule is CC/C=C\C/C=C\C/C=C\C/C=C\CCCCCCC(=O)OCC(COP(=O)(O)OCC(O)COP(=O)(O)OCC(COC(=O)CCCCCCCC/C=C\C/C=C\C/C=C\CCCCC)OC(=O)CCCCCCCCCCCCCCC)OC(=O)CCCCCCCCCCCCC. The van der Waals surface area contributed by atoms with Gasteiger partial charge in [0.15, 0.2) is 12.2 Å². The molecule has 3 N–H and O–H groups in total. The molecule has 17 nitrogen and oxygen atoms in total. The van der Waals surface area contributed by atoms with Crippen molar-refractivity contribution in [2.45, 2.75) is 367 Å². The Labute approximate surface area is 608 Å². The molecule has 0 saturated carbocycles. The third-order valence-electron chi connectivity index (χ3n) is 16.9. The lowest BCUT2D eigenvalue weighted by atomic mass is 10.0. The van der Waals surface area contributed by atoms with E-state index in [1.54, 1.807) is 0 Å². The molecular formula is C81H144O17P2. The number of carbonyl (C=O) groups excluding carboxylic acids is 4. The number of carbonyl (C=O) groups is 4. The highest BCUT2D eigenvalue weighted by atomic mass is 31.2. The number of hydrogen-bond donors (Lipinski definition) is 3. The summed E-state index contributed by atoms with van der Waals surface area (Å²) in [4.78, 5) is 72.9. The second-order valence-electron chi connectivity index (χ2n) is 26.6. The Morgan fingerprint density at radius 2 is 0.520 bits per heavy atom. The largest absolute Gasteiger partial charge is 0.472 e. The van der Waals surface area contributed by atoms with Crippen molar-refractivity contribution in [2.75, 3.05) is 39.6 Å². The Kier molecular flexibility index (Phi) is 70.8. The molecule has 0 radical (unpaired) electrons. The summed E-state index contributed by atoms with van der Waals surface area (Å²) in [6.07, 6.45) is 75.6. The standard InChI is InChI=1S/C81H144O17P2/c1-5-9-13-17-21-25-29-32-34-36-37-39-41-44-47-50-54-58-62-66-79(84)92-72-77(98-81(86)68-64-60-56-52-48-42-31-27-23-19-15-11-7-3)74-96-100(89,90)94-70-75(82)69-93-99(87,88)95-73-76(97-80(85)67-63-59-55-51-45-28-24-20-16-12-8-4)71-91-78(83)65-61-57-53-49-46-43-40-38-35-33-30-26-22-18-14-10-6-2/h10,14,21-22,25-26,32-35,37,39-40,43,75-77,82H,5-9,11-13,15-20,23-24,27-31,36,38,41-42,44-74H2,1-4H3,(H,87,88)(H,89,90)/b14-10-,25-21-,26-22-,34-32-,35-33-,39-37-,43-40-. The molecular weight excluding hydrogens is 1310 g/mol. The molecule has 0 aromatic heterocycles. The highest BCUT2D eigenvalue weighted by molar-refractivity contribution is 7.47. The highest BCUT2D eigenvalue weighted by Crippen LogP contribution is 2.45. The van der Waals surface area contributed by atoms with Crippen LogP contribution >= 0.6 is 15.6 Å². The highest BCUT2D eigenvalue weighted by Gasteiger charge is 2.30. The Hall–Kier alpha value is -3.76. The number of unbranched alkanes of at least 4 members (excludes halogenated alkanes) is 35. The van der Waals surface area contributed by atoms with Crippen molar-refractivity contribution in [3.05, 3.63) is 85.1 Å².